The quantitative estimate of drug-likeness (QED) is 0.593. The summed E-state index contributed by atoms with van der Waals surface area (Å²) in [6.07, 6.45) is 7.72. The van der Waals surface area contributed by atoms with Crippen molar-refractivity contribution < 1.29 is 14.3 Å². The predicted octanol–water partition coefficient (Wildman–Crippen LogP) is 3.03. The van der Waals surface area contributed by atoms with Crippen molar-refractivity contribution in [3.63, 3.8) is 0 Å². The standard InChI is InChI=1S/C18H25NO3/c1-22-17(20)9-4-2-3-5-12-19-18(21)16-11-10-14-7-6-8-15(14)13-16/h10-11,13H,2-9,12H2,1H3,(H,19,21). The van der Waals surface area contributed by atoms with Crippen LogP contribution in [0.4, 0.5) is 0 Å². The molecule has 0 saturated heterocycles. The van der Waals surface area contributed by atoms with Crippen LogP contribution in [0.2, 0.25) is 0 Å². The summed E-state index contributed by atoms with van der Waals surface area (Å²) in [5.74, 6) is -0.130. The summed E-state index contributed by atoms with van der Waals surface area (Å²) < 4.78 is 4.59. The van der Waals surface area contributed by atoms with Crippen LogP contribution in [-0.2, 0) is 22.4 Å². The molecule has 1 N–H and O–H groups in total. The fraction of sp³-hybridized carbons (Fsp3) is 0.556. The van der Waals surface area contributed by atoms with Crippen LogP contribution in [-0.4, -0.2) is 25.5 Å². The van der Waals surface area contributed by atoms with Crippen LogP contribution in [0.15, 0.2) is 18.2 Å². The molecule has 22 heavy (non-hydrogen) atoms. The van der Waals surface area contributed by atoms with Gasteiger partial charge in [-0.25, -0.2) is 0 Å². The maximum atomic E-state index is 12.1. The van der Waals surface area contributed by atoms with Gasteiger partial charge in [0.15, 0.2) is 0 Å². The molecular formula is C18H25NO3. The normalized spacial score (nSPS) is 12.8. The third kappa shape index (κ3) is 4.86. The first kappa shape index (κ1) is 16.5. The number of hydrogen-bond acceptors (Lipinski definition) is 3. The molecule has 1 aliphatic carbocycles. The Labute approximate surface area is 132 Å². The van der Waals surface area contributed by atoms with Crippen molar-refractivity contribution in [2.24, 2.45) is 0 Å². The van der Waals surface area contributed by atoms with Gasteiger partial charge in [-0.15, -0.1) is 0 Å². The molecule has 4 heteroatoms. The lowest BCUT2D eigenvalue weighted by Gasteiger charge is -2.07. The van der Waals surface area contributed by atoms with Crippen LogP contribution in [0, 0.1) is 0 Å². The average Bonchev–Trinajstić information content (AvgIpc) is 3.00. The number of rotatable bonds is 8. The van der Waals surface area contributed by atoms with Gasteiger partial charge in [0.1, 0.15) is 0 Å². The predicted molar refractivity (Wildman–Crippen MR) is 85.9 cm³/mol. The van der Waals surface area contributed by atoms with Crippen molar-refractivity contribution in [3.8, 4) is 0 Å². The monoisotopic (exact) mass is 303 g/mol. The van der Waals surface area contributed by atoms with Gasteiger partial charge in [0.05, 0.1) is 7.11 Å². The number of amides is 1. The Morgan fingerprint density at radius 1 is 1.09 bits per heavy atom. The molecule has 0 atom stereocenters. The minimum atomic E-state index is -0.148. The van der Waals surface area contributed by atoms with Gasteiger partial charge in [0, 0.05) is 18.5 Å². The van der Waals surface area contributed by atoms with E-state index in [9.17, 15) is 9.59 Å². The smallest absolute Gasteiger partial charge is 0.305 e. The van der Waals surface area contributed by atoms with E-state index in [4.69, 9.17) is 0 Å². The van der Waals surface area contributed by atoms with E-state index in [0.29, 0.717) is 13.0 Å². The van der Waals surface area contributed by atoms with Crippen molar-refractivity contribution in [2.45, 2.75) is 51.4 Å². The molecule has 4 nitrogen and oxygen atoms in total. The molecule has 0 fully saturated rings. The van der Waals surface area contributed by atoms with Crippen molar-refractivity contribution in [1.29, 1.82) is 0 Å². The summed E-state index contributed by atoms with van der Waals surface area (Å²) in [5.41, 5.74) is 3.49. The van der Waals surface area contributed by atoms with Crippen LogP contribution in [0.3, 0.4) is 0 Å². The Morgan fingerprint density at radius 2 is 1.86 bits per heavy atom. The maximum absolute atomic E-state index is 12.1. The average molecular weight is 303 g/mol. The van der Waals surface area contributed by atoms with Gasteiger partial charge in [-0.2, -0.15) is 0 Å². The zero-order valence-corrected chi connectivity index (χ0v) is 13.3. The van der Waals surface area contributed by atoms with Gasteiger partial charge >= 0.3 is 5.97 Å². The Bertz CT molecular complexity index is 525. The van der Waals surface area contributed by atoms with Crippen molar-refractivity contribution in [3.05, 3.63) is 34.9 Å². The van der Waals surface area contributed by atoms with E-state index in [1.807, 2.05) is 12.1 Å². The summed E-state index contributed by atoms with van der Waals surface area (Å²) >= 11 is 0. The zero-order valence-electron chi connectivity index (χ0n) is 13.3. The van der Waals surface area contributed by atoms with E-state index in [-0.39, 0.29) is 11.9 Å². The molecule has 0 bridgehead atoms. The molecular weight excluding hydrogens is 278 g/mol. The third-order valence-corrected chi connectivity index (χ3v) is 4.18. The second kappa shape index (κ2) is 8.57. The molecule has 1 aliphatic rings. The summed E-state index contributed by atoms with van der Waals surface area (Å²) in [7, 11) is 1.41. The lowest BCUT2D eigenvalue weighted by Crippen LogP contribution is -2.24. The van der Waals surface area contributed by atoms with Crippen LogP contribution in [0.1, 0.15) is 60.0 Å². The molecule has 0 heterocycles. The van der Waals surface area contributed by atoms with Crippen LogP contribution < -0.4 is 5.32 Å². The lowest BCUT2D eigenvalue weighted by atomic mass is 10.1. The molecule has 1 aromatic rings. The second-order valence-corrected chi connectivity index (χ2v) is 5.83. The summed E-state index contributed by atoms with van der Waals surface area (Å²) in [6.45, 7) is 0.689. The molecule has 0 unspecified atom stereocenters. The highest BCUT2D eigenvalue weighted by atomic mass is 16.5. The van der Waals surface area contributed by atoms with Gasteiger partial charge in [-0.05, 0) is 55.4 Å². The van der Waals surface area contributed by atoms with E-state index in [2.05, 4.69) is 16.1 Å². The molecule has 0 aliphatic heterocycles. The van der Waals surface area contributed by atoms with Gasteiger partial charge in [-0.1, -0.05) is 18.9 Å². The SMILES string of the molecule is COC(=O)CCCCCCNC(=O)c1ccc2c(c1)CCC2. The maximum Gasteiger partial charge on any atom is 0.305 e. The van der Waals surface area contributed by atoms with Gasteiger partial charge in [-0.3, -0.25) is 9.59 Å². The highest BCUT2D eigenvalue weighted by Gasteiger charge is 2.13. The number of esters is 1. The van der Waals surface area contributed by atoms with Gasteiger partial charge in [0.25, 0.3) is 5.91 Å². The Hall–Kier alpha value is -1.84. The Morgan fingerprint density at radius 3 is 2.68 bits per heavy atom. The number of methoxy groups -OCH3 is 1. The summed E-state index contributed by atoms with van der Waals surface area (Å²) in [6, 6.07) is 6.05. The molecule has 2 rings (SSSR count). The Kier molecular flexibility index (Phi) is 6.44. The van der Waals surface area contributed by atoms with E-state index in [1.165, 1.54) is 24.7 Å². The van der Waals surface area contributed by atoms with E-state index < -0.39 is 0 Å². The third-order valence-electron chi connectivity index (χ3n) is 4.18. The number of unbranched alkanes of at least 4 members (excludes halogenated alkanes) is 3. The molecule has 0 spiro atoms. The molecule has 1 aromatic carbocycles. The molecule has 120 valence electrons. The number of fused-ring (bicyclic) bond motifs is 1. The molecule has 0 radical (unpaired) electrons. The number of carbonyl (C=O) groups is 2. The van der Waals surface area contributed by atoms with E-state index in [0.717, 1.165) is 44.1 Å². The van der Waals surface area contributed by atoms with Crippen LogP contribution in [0.5, 0.6) is 0 Å². The topological polar surface area (TPSA) is 55.4 Å². The zero-order chi connectivity index (χ0) is 15.8. The lowest BCUT2D eigenvalue weighted by molar-refractivity contribution is -0.140. The molecule has 0 aromatic heterocycles. The highest BCUT2D eigenvalue weighted by Crippen LogP contribution is 2.22. The van der Waals surface area contributed by atoms with Crippen molar-refractivity contribution in [1.82, 2.24) is 5.32 Å². The fourth-order valence-corrected chi connectivity index (χ4v) is 2.87. The first-order chi connectivity index (χ1) is 10.7. The summed E-state index contributed by atoms with van der Waals surface area (Å²) in [4.78, 5) is 23.0. The first-order valence-electron chi connectivity index (χ1n) is 8.17. The number of nitrogens with one attached hydrogen (secondary N) is 1. The van der Waals surface area contributed by atoms with Gasteiger partial charge in [0.2, 0.25) is 0 Å². The number of carbonyl (C=O) groups excluding carboxylic acids is 2. The summed E-state index contributed by atoms with van der Waals surface area (Å²) in [5, 5.41) is 2.97. The number of aryl methyl sites for hydroxylation is 2. The van der Waals surface area contributed by atoms with Crippen LogP contribution >= 0.6 is 0 Å². The van der Waals surface area contributed by atoms with Crippen LogP contribution in [0.25, 0.3) is 0 Å². The number of hydrogen-bond donors (Lipinski definition) is 1. The van der Waals surface area contributed by atoms with Crippen molar-refractivity contribution >= 4 is 11.9 Å². The largest absolute Gasteiger partial charge is 0.469 e. The molecule has 0 saturated carbocycles. The second-order valence-electron chi connectivity index (χ2n) is 5.83. The fourth-order valence-electron chi connectivity index (χ4n) is 2.87. The minimum absolute atomic E-state index is 0.0178. The molecule has 1 amide bonds. The number of ether oxygens (including phenoxy) is 1. The Balaban J connectivity index is 1.61. The van der Waals surface area contributed by atoms with E-state index in [1.54, 1.807) is 0 Å². The number of benzene rings is 1. The minimum Gasteiger partial charge on any atom is -0.469 e. The first-order valence-corrected chi connectivity index (χ1v) is 8.17. The highest BCUT2D eigenvalue weighted by molar-refractivity contribution is 5.94. The van der Waals surface area contributed by atoms with Gasteiger partial charge < -0.3 is 10.1 Å². The van der Waals surface area contributed by atoms with Crippen molar-refractivity contribution in [2.75, 3.05) is 13.7 Å². The van der Waals surface area contributed by atoms with E-state index >= 15 is 0 Å².